The lowest BCUT2D eigenvalue weighted by atomic mass is 10.00. The van der Waals surface area contributed by atoms with Crippen LogP contribution >= 0.6 is 0 Å². The fraction of sp³-hybridized carbons (Fsp3) is 0.375. The topological polar surface area (TPSA) is 0 Å². The number of allylic oxidation sites excluding steroid dienone is 3. The maximum atomic E-state index is 2.35. The van der Waals surface area contributed by atoms with E-state index in [0.29, 0.717) is 5.92 Å². The molecule has 0 heteroatoms. The van der Waals surface area contributed by atoms with Crippen molar-refractivity contribution in [3.8, 4) is 0 Å². The number of rotatable bonds is 5. The van der Waals surface area contributed by atoms with E-state index >= 15 is 0 Å². The largest absolute Gasteiger partial charge is 0.0876 e. The van der Waals surface area contributed by atoms with Crippen molar-refractivity contribution in [3.05, 3.63) is 53.6 Å². The van der Waals surface area contributed by atoms with Crippen molar-refractivity contribution < 1.29 is 0 Å². The van der Waals surface area contributed by atoms with Gasteiger partial charge in [0.05, 0.1) is 0 Å². The molecule has 84 valence electrons. The Hall–Kier alpha value is -1.30. The molecule has 1 aliphatic carbocycles. The van der Waals surface area contributed by atoms with E-state index in [1.165, 1.54) is 36.8 Å². The monoisotopic (exact) mass is 212 g/mol. The molecule has 0 saturated carbocycles. The summed E-state index contributed by atoms with van der Waals surface area (Å²) in [5.74, 6) is 0.512. The third-order valence-corrected chi connectivity index (χ3v) is 3.16. The summed E-state index contributed by atoms with van der Waals surface area (Å²) in [6.07, 6.45) is 14.4. The molecular formula is C16H20. The van der Waals surface area contributed by atoms with Gasteiger partial charge in [-0.1, -0.05) is 68.3 Å². The van der Waals surface area contributed by atoms with Crippen LogP contribution in [-0.2, 0) is 0 Å². The lowest BCUT2D eigenvalue weighted by Gasteiger charge is -2.04. The molecule has 2 rings (SSSR count). The number of fused-ring (bicyclic) bond motifs is 1. The molecule has 0 spiro atoms. The van der Waals surface area contributed by atoms with Crippen molar-refractivity contribution in [2.45, 2.75) is 38.5 Å². The minimum atomic E-state index is 0.512. The molecule has 0 N–H and O–H groups in total. The molecule has 1 aliphatic rings. The Bertz CT molecular complexity index is 385. The molecule has 0 aliphatic heterocycles. The van der Waals surface area contributed by atoms with Gasteiger partial charge in [0.2, 0.25) is 0 Å². The first-order chi connectivity index (χ1) is 7.92. The van der Waals surface area contributed by atoms with Crippen LogP contribution in [0.1, 0.15) is 49.7 Å². The number of benzene rings is 1. The first-order valence-electron chi connectivity index (χ1n) is 6.35. The number of hydrogen-bond acceptors (Lipinski definition) is 0. The first-order valence-corrected chi connectivity index (χ1v) is 6.35. The molecule has 0 heterocycles. The highest BCUT2D eigenvalue weighted by atomic mass is 14.2. The summed E-state index contributed by atoms with van der Waals surface area (Å²) in [4.78, 5) is 0. The van der Waals surface area contributed by atoms with Crippen molar-refractivity contribution in [3.63, 3.8) is 0 Å². The highest BCUT2D eigenvalue weighted by Crippen LogP contribution is 2.30. The Morgan fingerprint density at radius 2 is 2.06 bits per heavy atom. The lowest BCUT2D eigenvalue weighted by Crippen LogP contribution is -1.87. The van der Waals surface area contributed by atoms with Gasteiger partial charge in [-0.25, -0.2) is 0 Å². The molecule has 1 unspecified atom stereocenters. The Morgan fingerprint density at radius 1 is 1.19 bits per heavy atom. The SMILES string of the molecule is CCCCCC=CC1C=Cc2ccccc21. The molecule has 1 aromatic carbocycles. The van der Waals surface area contributed by atoms with Crippen LogP contribution in [0.25, 0.3) is 6.08 Å². The Balaban J connectivity index is 1.91. The van der Waals surface area contributed by atoms with Crippen LogP contribution in [0.2, 0.25) is 0 Å². The quantitative estimate of drug-likeness (QED) is 0.479. The van der Waals surface area contributed by atoms with E-state index in [9.17, 15) is 0 Å². The summed E-state index contributed by atoms with van der Waals surface area (Å²) in [5, 5.41) is 0. The van der Waals surface area contributed by atoms with Gasteiger partial charge in [-0.3, -0.25) is 0 Å². The van der Waals surface area contributed by atoms with E-state index in [2.05, 4.69) is 55.5 Å². The van der Waals surface area contributed by atoms with Gasteiger partial charge in [0.15, 0.2) is 0 Å². The zero-order valence-electron chi connectivity index (χ0n) is 10.0. The predicted molar refractivity (Wildman–Crippen MR) is 71.5 cm³/mol. The Kier molecular flexibility index (Phi) is 3.98. The van der Waals surface area contributed by atoms with Crippen LogP contribution in [0.5, 0.6) is 0 Å². The summed E-state index contributed by atoms with van der Waals surface area (Å²) < 4.78 is 0. The molecule has 0 fully saturated rings. The summed E-state index contributed by atoms with van der Waals surface area (Å²) >= 11 is 0. The van der Waals surface area contributed by atoms with Crippen molar-refractivity contribution in [2.75, 3.05) is 0 Å². The second-order valence-corrected chi connectivity index (χ2v) is 4.44. The maximum absolute atomic E-state index is 2.35. The number of unbranched alkanes of at least 4 members (excludes halogenated alkanes) is 3. The zero-order valence-corrected chi connectivity index (χ0v) is 10.0. The number of hydrogen-bond donors (Lipinski definition) is 0. The van der Waals surface area contributed by atoms with Crippen molar-refractivity contribution in [2.24, 2.45) is 0 Å². The van der Waals surface area contributed by atoms with Gasteiger partial charge >= 0.3 is 0 Å². The second kappa shape index (κ2) is 5.69. The van der Waals surface area contributed by atoms with Gasteiger partial charge < -0.3 is 0 Å². The molecule has 0 saturated heterocycles. The summed E-state index contributed by atoms with van der Waals surface area (Å²) in [7, 11) is 0. The first kappa shape index (κ1) is 11.2. The van der Waals surface area contributed by atoms with Gasteiger partial charge in [-0.2, -0.15) is 0 Å². The van der Waals surface area contributed by atoms with Gasteiger partial charge in [0.25, 0.3) is 0 Å². The average molecular weight is 212 g/mol. The fourth-order valence-corrected chi connectivity index (χ4v) is 2.20. The van der Waals surface area contributed by atoms with Crippen molar-refractivity contribution >= 4 is 6.08 Å². The van der Waals surface area contributed by atoms with Gasteiger partial charge in [0.1, 0.15) is 0 Å². The van der Waals surface area contributed by atoms with Crippen LogP contribution < -0.4 is 0 Å². The zero-order chi connectivity index (χ0) is 11.2. The molecule has 0 bridgehead atoms. The van der Waals surface area contributed by atoms with Gasteiger partial charge in [0, 0.05) is 5.92 Å². The molecule has 1 aromatic rings. The van der Waals surface area contributed by atoms with Crippen molar-refractivity contribution in [1.29, 1.82) is 0 Å². The summed E-state index contributed by atoms with van der Waals surface area (Å²) in [6, 6.07) is 8.66. The van der Waals surface area contributed by atoms with E-state index in [0.717, 1.165) is 0 Å². The molecule has 1 atom stereocenters. The van der Waals surface area contributed by atoms with Crippen LogP contribution in [0.3, 0.4) is 0 Å². The van der Waals surface area contributed by atoms with Gasteiger partial charge in [-0.05, 0) is 24.0 Å². The van der Waals surface area contributed by atoms with Crippen LogP contribution in [0.4, 0.5) is 0 Å². The predicted octanol–water partition coefficient (Wildman–Crippen LogP) is 4.93. The Morgan fingerprint density at radius 3 is 2.94 bits per heavy atom. The smallest absolute Gasteiger partial charge is 0.0207 e. The fourth-order valence-electron chi connectivity index (χ4n) is 2.20. The van der Waals surface area contributed by atoms with Crippen LogP contribution in [0, 0.1) is 0 Å². The highest BCUT2D eigenvalue weighted by Gasteiger charge is 2.12. The second-order valence-electron chi connectivity index (χ2n) is 4.44. The lowest BCUT2D eigenvalue weighted by molar-refractivity contribution is 0.728. The van der Waals surface area contributed by atoms with E-state index in [4.69, 9.17) is 0 Å². The van der Waals surface area contributed by atoms with Crippen LogP contribution in [-0.4, -0.2) is 0 Å². The highest BCUT2D eigenvalue weighted by molar-refractivity contribution is 5.63. The molecular weight excluding hydrogens is 192 g/mol. The van der Waals surface area contributed by atoms with Crippen LogP contribution in [0.15, 0.2) is 42.5 Å². The van der Waals surface area contributed by atoms with E-state index in [1.807, 2.05) is 0 Å². The minimum absolute atomic E-state index is 0.512. The third-order valence-electron chi connectivity index (χ3n) is 3.16. The minimum Gasteiger partial charge on any atom is -0.0876 e. The van der Waals surface area contributed by atoms with Gasteiger partial charge in [-0.15, -0.1) is 0 Å². The standard InChI is InChI=1S/C16H20/c1-2-3-4-5-6-9-14-12-13-15-10-7-8-11-16(14)15/h6-14H,2-5H2,1H3. The molecule has 0 nitrogen and oxygen atoms in total. The average Bonchev–Trinajstić information content (AvgIpc) is 2.73. The molecule has 16 heavy (non-hydrogen) atoms. The normalized spacial score (nSPS) is 18.2. The molecule has 0 amide bonds. The summed E-state index contributed by atoms with van der Waals surface area (Å²) in [6.45, 7) is 2.25. The van der Waals surface area contributed by atoms with E-state index in [1.54, 1.807) is 0 Å². The summed E-state index contributed by atoms with van der Waals surface area (Å²) in [5.41, 5.74) is 2.83. The third kappa shape index (κ3) is 2.63. The molecule has 0 radical (unpaired) electrons. The molecule has 0 aromatic heterocycles. The van der Waals surface area contributed by atoms with E-state index < -0.39 is 0 Å². The van der Waals surface area contributed by atoms with Crippen molar-refractivity contribution in [1.82, 2.24) is 0 Å². The maximum Gasteiger partial charge on any atom is 0.0207 e. The van der Waals surface area contributed by atoms with E-state index in [-0.39, 0.29) is 0 Å². The Labute approximate surface area is 98.7 Å².